The summed E-state index contributed by atoms with van der Waals surface area (Å²) in [5.74, 6) is -0.235. The minimum atomic E-state index is -0.433. The van der Waals surface area contributed by atoms with Crippen LogP contribution in [0, 0.1) is 6.92 Å². The maximum absolute atomic E-state index is 12.3. The number of carbonyl (C=O) groups is 2. The van der Waals surface area contributed by atoms with E-state index in [1.807, 2.05) is 25.1 Å². The van der Waals surface area contributed by atoms with Gasteiger partial charge in [0.25, 0.3) is 5.91 Å². The SMILES string of the molecule is COC(=O)c1ccc(NC(=O)c2ccc(NCc3cccc(C)c3)nn2)cc1. The summed E-state index contributed by atoms with van der Waals surface area (Å²) >= 11 is 0. The fourth-order valence-electron chi connectivity index (χ4n) is 2.57. The number of amides is 1. The van der Waals surface area contributed by atoms with Crippen molar-refractivity contribution in [1.82, 2.24) is 10.2 Å². The molecule has 0 spiro atoms. The Morgan fingerprint density at radius 3 is 2.43 bits per heavy atom. The topological polar surface area (TPSA) is 93.2 Å². The van der Waals surface area contributed by atoms with Crippen LogP contribution in [0.2, 0.25) is 0 Å². The van der Waals surface area contributed by atoms with E-state index >= 15 is 0 Å². The molecule has 1 aromatic heterocycles. The van der Waals surface area contributed by atoms with Gasteiger partial charge >= 0.3 is 5.97 Å². The summed E-state index contributed by atoms with van der Waals surface area (Å²) in [6.07, 6.45) is 0. The molecular weight excluding hydrogens is 356 g/mol. The van der Waals surface area contributed by atoms with Gasteiger partial charge in [0.15, 0.2) is 5.69 Å². The molecule has 0 radical (unpaired) electrons. The normalized spacial score (nSPS) is 10.2. The van der Waals surface area contributed by atoms with Crippen LogP contribution >= 0.6 is 0 Å². The van der Waals surface area contributed by atoms with Crippen molar-refractivity contribution in [2.24, 2.45) is 0 Å². The molecule has 7 heteroatoms. The summed E-state index contributed by atoms with van der Waals surface area (Å²) in [5, 5.41) is 13.9. The van der Waals surface area contributed by atoms with Crippen LogP contribution in [0.4, 0.5) is 11.5 Å². The lowest BCUT2D eigenvalue weighted by molar-refractivity contribution is 0.0600. The van der Waals surface area contributed by atoms with Gasteiger partial charge in [-0.05, 0) is 48.9 Å². The van der Waals surface area contributed by atoms with Crippen LogP contribution in [0.3, 0.4) is 0 Å². The Hall–Kier alpha value is -3.74. The number of esters is 1. The van der Waals surface area contributed by atoms with E-state index in [2.05, 4.69) is 31.6 Å². The summed E-state index contributed by atoms with van der Waals surface area (Å²) in [6.45, 7) is 2.66. The van der Waals surface area contributed by atoms with Gasteiger partial charge in [0.2, 0.25) is 0 Å². The van der Waals surface area contributed by atoms with Crippen molar-refractivity contribution >= 4 is 23.4 Å². The molecule has 1 amide bonds. The van der Waals surface area contributed by atoms with Crippen LogP contribution in [0.5, 0.6) is 0 Å². The predicted molar refractivity (Wildman–Crippen MR) is 106 cm³/mol. The lowest BCUT2D eigenvalue weighted by Crippen LogP contribution is -2.15. The van der Waals surface area contributed by atoms with Crippen LogP contribution in [-0.2, 0) is 11.3 Å². The molecule has 0 aliphatic carbocycles. The van der Waals surface area contributed by atoms with Crippen LogP contribution in [0.25, 0.3) is 0 Å². The van der Waals surface area contributed by atoms with Gasteiger partial charge in [-0.3, -0.25) is 4.79 Å². The molecule has 28 heavy (non-hydrogen) atoms. The Balaban J connectivity index is 1.58. The Morgan fingerprint density at radius 2 is 1.79 bits per heavy atom. The van der Waals surface area contributed by atoms with Crippen molar-refractivity contribution < 1.29 is 14.3 Å². The van der Waals surface area contributed by atoms with E-state index in [4.69, 9.17) is 0 Å². The lowest BCUT2D eigenvalue weighted by atomic mass is 10.1. The first-order chi connectivity index (χ1) is 13.5. The van der Waals surface area contributed by atoms with Crippen LogP contribution in [0.1, 0.15) is 32.0 Å². The molecule has 2 aromatic carbocycles. The second kappa shape index (κ2) is 8.77. The van der Waals surface area contributed by atoms with Crippen LogP contribution < -0.4 is 10.6 Å². The fraction of sp³-hybridized carbons (Fsp3) is 0.143. The number of rotatable bonds is 6. The summed E-state index contributed by atoms with van der Waals surface area (Å²) in [5.41, 5.74) is 3.47. The number of nitrogens with zero attached hydrogens (tertiary/aromatic N) is 2. The molecule has 2 N–H and O–H groups in total. The van der Waals surface area contributed by atoms with E-state index < -0.39 is 5.97 Å². The molecular formula is C21H20N4O3. The second-order valence-electron chi connectivity index (χ2n) is 6.17. The van der Waals surface area contributed by atoms with Crippen LogP contribution in [0.15, 0.2) is 60.7 Å². The summed E-state index contributed by atoms with van der Waals surface area (Å²) in [7, 11) is 1.32. The quantitative estimate of drug-likeness (QED) is 0.640. The van der Waals surface area contributed by atoms with Gasteiger partial charge in [-0.15, -0.1) is 10.2 Å². The number of carbonyl (C=O) groups excluding carboxylic acids is 2. The minimum absolute atomic E-state index is 0.193. The summed E-state index contributed by atoms with van der Waals surface area (Å²) in [6, 6.07) is 17.9. The zero-order chi connectivity index (χ0) is 19.9. The average Bonchev–Trinajstić information content (AvgIpc) is 2.72. The van der Waals surface area contributed by atoms with Crippen molar-refractivity contribution in [2.75, 3.05) is 17.7 Å². The van der Waals surface area contributed by atoms with E-state index in [9.17, 15) is 9.59 Å². The maximum Gasteiger partial charge on any atom is 0.337 e. The average molecular weight is 376 g/mol. The van der Waals surface area contributed by atoms with Crippen molar-refractivity contribution in [3.8, 4) is 0 Å². The number of nitrogens with one attached hydrogen (secondary N) is 2. The molecule has 0 aliphatic heterocycles. The molecule has 0 bridgehead atoms. The summed E-state index contributed by atoms with van der Waals surface area (Å²) < 4.78 is 4.64. The van der Waals surface area contributed by atoms with Crippen molar-refractivity contribution in [3.05, 3.63) is 83.0 Å². The van der Waals surface area contributed by atoms with Gasteiger partial charge in [-0.1, -0.05) is 29.8 Å². The Labute approximate surface area is 162 Å². The van der Waals surface area contributed by atoms with Gasteiger partial charge in [-0.2, -0.15) is 0 Å². The molecule has 0 fully saturated rings. The Morgan fingerprint density at radius 1 is 1.00 bits per heavy atom. The molecule has 0 saturated carbocycles. The highest BCUT2D eigenvalue weighted by molar-refractivity contribution is 6.03. The molecule has 3 aromatic rings. The van der Waals surface area contributed by atoms with Crippen LogP contribution in [-0.4, -0.2) is 29.2 Å². The first-order valence-corrected chi connectivity index (χ1v) is 8.68. The summed E-state index contributed by atoms with van der Waals surface area (Å²) in [4.78, 5) is 23.7. The number of ether oxygens (including phenoxy) is 1. The Kier molecular flexibility index (Phi) is 5.96. The highest BCUT2D eigenvalue weighted by atomic mass is 16.5. The Bertz CT molecular complexity index is 970. The molecule has 7 nitrogen and oxygen atoms in total. The van der Waals surface area contributed by atoms with Gasteiger partial charge in [0.1, 0.15) is 5.82 Å². The number of hydrogen-bond donors (Lipinski definition) is 2. The van der Waals surface area contributed by atoms with Crippen molar-refractivity contribution in [1.29, 1.82) is 0 Å². The molecule has 3 rings (SSSR count). The van der Waals surface area contributed by atoms with Gasteiger partial charge in [0, 0.05) is 12.2 Å². The number of methoxy groups -OCH3 is 1. The molecule has 0 saturated heterocycles. The smallest absolute Gasteiger partial charge is 0.337 e. The lowest BCUT2D eigenvalue weighted by Gasteiger charge is -2.07. The number of anilines is 2. The number of hydrogen-bond acceptors (Lipinski definition) is 6. The largest absolute Gasteiger partial charge is 0.465 e. The first kappa shape index (κ1) is 19.0. The number of aromatic nitrogens is 2. The second-order valence-corrected chi connectivity index (χ2v) is 6.17. The van der Waals surface area contributed by atoms with Gasteiger partial charge in [0.05, 0.1) is 12.7 Å². The predicted octanol–water partition coefficient (Wildman–Crippen LogP) is 3.44. The van der Waals surface area contributed by atoms with E-state index in [-0.39, 0.29) is 11.6 Å². The van der Waals surface area contributed by atoms with Crippen molar-refractivity contribution in [3.63, 3.8) is 0 Å². The zero-order valence-electron chi connectivity index (χ0n) is 15.6. The van der Waals surface area contributed by atoms with E-state index in [1.54, 1.807) is 36.4 Å². The van der Waals surface area contributed by atoms with E-state index in [0.717, 1.165) is 5.56 Å². The highest BCUT2D eigenvalue weighted by Crippen LogP contribution is 2.12. The molecule has 1 heterocycles. The standard InChI is InChI=1S/C21H20N4O3/c1-14-4-3-5-15(12-14)13-22-19-11-10-18(24-25-19)20(26)23-17-8-6-16(7-9-17)21(27)28-2/h3-12H,13H2,1-2H3,(H,22,25)(H,23,26). The van der Waals surface area contributed by atoms with Gasteiger partial charge in [-0.25, -0.2) is 4.79 Å². The number of aryl methyl sites for hydroxylation is 1. The third-order valence-electron chi connectivity index (χ3n) is 4.02. The third kappa shape index (κ3) is 4.91. The monoisotopic (exact) mass is 376 g/mol. The molecule has 0 aliphatic rings. The third-order valence-corrected chi connectivity index (χ3v) is 4.02. The van der Waals surface area contributed by atoms with Crippen molar-refractivity contribution in [2.45, 2.75) is 13.5 Å². The van der Waals surface area contributed by atoms with E-state index in [0.29, 0.717) is 23.6 Å². The molecule has 142 valence electrons. The number of benzene rings is 2. The molecule has 0 unspecified atom stereocenters. The highest BCUT2D eigenvalue weighted by Gasteiger charge is 2.10. The minimum Gasteiger partial charge on any atom is -0.465 e. The molecule has 0 atom stereocenters. The van der Waals surface area contributed by atoms with E-state index in [1.165, 1.54) is 12.7 Å². The zero-order valence-corrected chi connectivity index (χ0v) is 15.6. The maximum atomic E-state index is 12.3. The first-order valence-electron chi connectivity index (χ1n) is 8.68. The fourth-order valence-corrected chi connectivity index (χ4v) is 2.57. The van der Waals surface area contributed by atoms with Gasteiger partial charge < -0.3 is 15.4 Å².